The zero-order chi connectivity index (χ0) is 29.5. The second-order valence-corrected chi connectivity index (χ2v) is 9.05. The van der Waals surface area contributed by atoms with Crippen molar-refractivity contribution < 1.29 is 19.5 Å². The second kappa shape index (κ2) is 28.6. The largest absolute Gasteiger partial charge is 0.478 e. The van der Waals surface area contributed by atoms with Crippen LogP contribution >= 0.6 is 0 Å². The number of allylic oxidation sites excluding steroid dienone is 12. The SMILES string of the molecule is CCC=CCC=CCC=CCC=CCC=CCC=CCCC(=O)NCCCN(CC)CCNC(=O)C=CC(=O)O. The van der Waals surface area contributed by atoms with E-state index < -0.39 is 11.9 Å². The monoisotopic (exact) mass is 553 g/mol. The Balaban J connectivity index is 3.75. The van der Waals surface area contributed by atoms with Gasteiger partial charge in [-0.25, -0.2) is 4.79 Å². The quantitative estimate of drug-likeness (QED) is 0.0768. The molecule has 0 aromatic heterocycles. The molecule has 0 saturated carbocycles. The summed E-state index contributed by atoms with van der Waals surface area (Å²) in [6, 6.07) is 0. The Hall–Kier alpha value is -3.45. The van der Waals surface area contributed by atoms with Crippen molar-refractivity contribution in [1.82, 2.24) is 15.5 Å². The van der Waals surface area contributed by atoms with E-state index in [1.54, 1.807) is 0 Å². The Kier molecular flexibility index (Phi) is 26.1. The van der Waals surface area contributed by atoms with Crippen LogP contribution in [0.2, 0.25) is 0 Å². The molecule has 0 radical (unpaired) electrons. The van der Waals surface area contributed by atoms with Crippen LogP contribution in [-0.4, -0.2) is 60.5 Å². The van der Waals surface area contributed by atoms with Gasteiger partial charge in [0.2, 0.25) is 11.8 Å². The fraction of sp³-hybridized carbons (Fsp3) is 0.485. The third-order valence-corrected chi connectivity index (χ3v) is 5.66. The van der Waals surface area contributed by atoms with Crippen molar-refractivity contribution in [3.8, 4) is 0 Å². The summed E-state index contributed by atoms with van der Waals surface area (Å²) in [6.45, 7) is 7.55. The number of likely N-dealkylation sites (N-methyl/N-ethyl adjacent to an activating group) is 1. The summed E-state index contributed by atoms with van der Waals surface area (Å²) in [7, 11) is 0. The van der Waals surface area contributed by atoms with Crippen molar-refractivity contribution in [3.63, 3.8) is 0 Å². The lowest BCUT2D eigenvalue weighted by molar-refractivity contribution is -0.131. The molecule has 40 heavy (non-hydrogen) atoms. The van der Waals surface area contributed by atoms with Gasteiger partial charge in [0.05, 0.1) is 0 Å². The highest BCUT2D eigenvalue weighted by Crippen LogP contribution is 1.98. The summed E-state index contributed by atoms with van der Waals surface area (Å²) >= 11 is 0. The predicted molar refractivity (Wildman–Crippen MR) is 167 cm³/mol. The number of hydrogen-bond donors (Lipinski definition) is 3. The van der Waals surface area contributed by atoms with Crippen LogP contribution in [0.25, 0.3) is 0 Å². The minimum absolute atomic E-state index is 0.0556. The maximum atomic E-state index is 12.0. The van der Waals surface area contributed by atoms with Gasteiger partial charge in [-0.2, -0.15) is 0 Å². The van der Waals surface area contributed by atoms with E-state index in [0.29, 0.717) is 26.1 Å². The Morgan fingerprint density at radius 1 is 0.650 bits per heavy atom. The average molecular weight is 554 g/mol. The van der Waals surface area contributed by atoms with Gasteiger partial charge in [-0.1, -0.05) is 86.8 Å². The first-order chi connectivity index (χ1) is 19.5. The Labute approximate surface area is 242 Å². The highest BCUT2D eigenvalue weighted by molar-refractivity contribution is 5.93. The van der Waals surface area contributed by atoms with Gasteiger partial charge in [0.25, 0.3) is 0 Å². The third kappa shape index (κ3) is 27.6. The molecule has 0 heterocycles. The first-order valence-electron chi connectivity index (χ1n) is 14.6. The van der Waals surface area contributed by atoms with E-state index in [0.717, 1.165) is 76.6 Å². The molecule has 0 aromatic carbocycles. The van der Waals surface area contributed by atoms with Crippen LogP contribution < -0.4 is 10.6 Å². The van der Waals surface area contributed by atoms with Gasteiger partial charge in [-0.3, -0.25) is 9.59 Å². The Bertz CT molecular complexity index is 882. The molecule has 0 saturated heterocycles. The summed E-state index contributed by atoms with van der Waals surface area (Å²) in [6.07, 6.45) is 35.7. The van der Waals surface area contributed by atoms with Crippen LogP contribution in [0.1, 0.15) is 71.6 Å². The van der Waals surface area contributed by atoms with E-state index in [1.165, 1.54) is 0 Å². The maximum Gasteiger partial charge on any atom is 0.328 e. The predicted octanol–water partition coefficient (Wildman–Crippen LogP) is 6.05. The van der Waals surface area contributed by atoms with E-state index in [4.69, 9.17) is 5.11 Å². The maximum absolute atomic E-state index is 12.0. The van der Waals surface area contributed by atoms with Crippen molar-refractivity contribution in [1.29, 1.82) is 0 Å². The van der Waals surface area contributed by atoms with E-state index >= 15 is 0 Å². The smallest absolute Gasteiger partial charge is 0.328 e. The second-order valence-electron chi connectivity index (χ2n) is 9.05. The van der Waals surface area contributed by atoms with Gasteiger partial charge < -0.3 is 20.6 Å². The Morgan fingerprint density at radius 3 is 1.68 bits per heavy atom. The molecular formula is C33H51N3O4. The summed E-state index contributed by atoms with van der Waals surface area (Å²) in [5, 5.41) is 14.1. The number of nitrogens with zero attached hydrogens (tertiary/aromatic N) is 1. The molecule has 2 amide bonds. The van der Waals surface area contributed by atoms with Crippen molar-refractivity contribution >= 4 is 17.8 Å². The molecule has 0 fully saturated rings. The molecule has 0 aromatic rings. The molecule has 0 aliphatic heterocycles. The molecule has 0 atom stereocenters. The number of nitrogens with one attached hydrogen (secondary N) is 2. The van der Waals surface area contributed by atoms with Gasteiger partial charge in [-0.15, -0.1) is 0 Å². The summed E-state index contributed by atoms with van der Waals surface area (Å²) in [5.41, 5.74) is 0. The van der Waals surface area contributed by atoms with Gasteiger partial charge in [-0.05, 0) is 64.5 Å². The van der Waals surface area contributed by atoms with Crippen molar-refractivity contribution in [3.05, 3.63) is 85.1 Å². The van der Waals surface area contributed by atoms with E-state index in [9.17, 15) is 14.4 Å². The minimum atomic E-state index is -1.15. The molecular weight excluding hydrogens is 502 g/mol. The van der Waals surface area contributed by atoms with E-state index in [-0.39, 0.29) is 5.91 Å². The van der Waals surface area contributed by atoms with Crippen LogP contribution in [0.3, 0.4) is 0 Å². The van der Waals surface area contributed by atoms with Crippen molar-refractivity contribution in [2.75, 3.05) is 32.7 Å². The van der Waals surface area contributed by atoms with Crippen LogP contribution in [0.4, 0.5) is 0 Å². The van der Waals surface area contributed by atoms with Crippen LogP contribution in [-0.2, 0) is 14.4 Å². The molecule has 7 heteroatoms. The highest BCUT2D eigenvalue weighted by atomic mass is 16.4. The lowest BCUT2D eigenvalue weighted by atomic mass is 10.2. The molecule has 0 spiro atoms. The Morgan fingerprint density at radius 2 is 1.18 bits per heavy atom. The minimum Gasteiger partial charge on any atom is -0.478 e. The normalized spacial score (nSPS) is 12.6. The molecule has 3 N–H and O–H groups in total. The molecule has 0 aliphatic carbocycles. The number of hydrogen-bond acceptors (Lipinski definition) is 4. The van der Waals surface area contributed by atoms with E-state index in [2.05, 4.69) is 95.4 Å². The third-order valence-electron chi connectivity index (χ3n) is 5.66. The lowest BCUT2D eigenvalue weighted by Gasteiger charge is -2.20. The molecule has 0 aliphatic rings. The van der Waals surface area contributed by atoms with Crippen molar-refractivity contribution in [2.24, 2.45) is 0 Å². The van der Waals surface area contributed by atoms with Gasteiger partial charge >= 0.3 is 5.97 Å². The van der Waals surface area contributed by atoms with Crippen LogP contribution in [0, 0.1) is 0 Å². The molecule has 0 rings (SSSR count). The number of carbonyl (C=O) groups is 3. The molecule has 0 unspecified atom stereocenters. The zero-order valence-electron chi connectivity index (χ0n) is 24.6. The number of carbonyl (C=O) groups excluding carboxylic acids is 2. The standard InChI is InChI=1S/C33H51N3O4/c1-3-5-6-7-8-9-10-11-12-13-14-15-16-17-18-19-20-21-22-24-31(37)34-27-23-29-36(4-2)30-28-35-32(38)25-26-33(39)40/h5-6,8-9,11-12,14-15,17-18,20-21,25-26H,3-4,7,10,13,16,19,22-24,27-30H2,1-2H3,(H,34,37)(H,35,38)(H,39,40). The van der Waals surface area contributed by atoms with Gasteiger partial charge in [0.1, 0.15) is 0 Å². The summed E-state index contributed by atoms with van der Waals surface area (Å²) < 4.78 is 0. The number of aliphatic carboxylic acids is 1. The zero-order valence-corrected chi connectivity index (χ0v) is 24.6. The molecule has 7 nitrogen and oxygen atoms in total. The topological polar surface area (TPSA) is 98.7 Å². The number of carboxylic acid groups (broad SMARTS) is 1. The summed E-state index contributed by atoms with van der Waals surface area (Å²) in [5.74, 6) is -1.51. The lowest BCUT2D eigenvalue weighted by Crippen LogP contribution is -2.36. The van der Waals surface area contributed by atoms with Crippen molar-refractivity contribution in [2.45, 2.75) is 71.6 Å². The van der Waals surface area contributed by atoms with Gasteiger partial charge in [0, 0.05) is 38.2 Å². The van der Waals surface area contributed by atoms with E-state index in [1.807, 2.05) is 6.92 Å². The number of amides is 2. The molecule has 0 bridgehead atoms. The first kappa shape index (κ1) is 36.5. The van der Waals surface area contributed by atoms with Gasteiger partial charge in [0.15, 0.2) is 0 Å². The fourth-order valence-electron chi connectivity index (χ4n) is 3.44. The average Bonchev–Trinajstić information content (AvgIpc) is 2.94. The summed E-state index contributed by atoms with van der Waals surface area (Å²) in [4.78, 5) is 36.1. The highest BCUT2D eigenvalue weighted by Gasteiger charge is 2.04. The van der Waals surface area contributed by atoms with Crippen LogP contribution in [0.5, 0.6) is 0 Å². The fourth-order valence-corrected chi connectivity index (χ4v) is 3.44. The first-order valence-corrected chi connectivity index (χ1v) is 14.6. The number of carboxylic acids is 1. The van der Waals surface area contributed by atoms with Crippen LogP contribution in [0.15, 0.2) is 85.1 Å². The number of rotatable bonds is 24. The molecule has 222 valence electrons.